The minimum Gasteiger partial charge on any atom is -0.380 e. The van der Waals surface area contributed by atoms with Gasteiger partial charge in [0.2, 0.25) is 11.7 Å². The lowest BCUT2D eigenvalue weighted by Gasteiger charge is -2.08. The molecule has 17 heavy (non-hydrogen) atoms. The molecule has 1 unspecified atom stereocenters. The average Bonchev–Trinajstić information content (AvgIpc) is 2.85. The van der Waals surface area contributed by atoms with E-state index in [1.54, 1.807) is 13.3 Å². The van der Waals surface area contributed by atoms with Gasteiger partial charge in [-0.1, -0.05) is 11.2 Å². The first kappa shape index (κ1) is 11.7. The van der Waals surface area contributed by atoms with Crippen molar-refractivity contribution in [1.29, 1.82) is 0 Å². The summed E-state index contributed by atoms with van der Waals surface area (Å²) in [5.41, 5.74) is 6.21. The molecule has 0 fully saturated rings. The molecule has 0 spiro atoms. The highest BCUT2D eigenvalue weighted by Crippen LogP contribution is 2.12. The molecule has 0 bridgehead atoms. The number of aromatic nitrogens is 3. The van der Waals surface area contributed by atoms with Crippen LogP contribution in [0.25, 0.3) is 11.5 Å². The van der Waals surface area contributed by atoms with E-state index in [0.29, 0.717) is 30.4 Å². The number of pyridine rings is 1. The fraction of sp³-hybridized carbons (Fsp3) is 0.364. The highest BCUT2D eigenvalue weighted by molar-refractivity contribution is 5.46. The van der Waals surface area contributed by atoms with Crippen molar-refractivity contribution >= 4 is 0 Å². The van der Waals surface area contributed by atoms with Gasteiger partial charge < -0.3 is 15.0 Å². The van der Waals surface area contributed by atoms with Crippen LogP contribution in [0.1, 0.15) is 5.89 Å². The predicted octanol–water partition coefficient (Wildman–Crippen LogP) is 0.648. The summed E-state index contributed by atoms with van der Waals surface area (Å²) in [7, 11) is 1.60. The summed E-state index contributed by atoms with van der Waals surface area (Å²) in [6.07, 6.45) is 2.09. The minimum atomic E-state index is -0.105. The Morgan fingerprint density at radius 1 is 1.47 bits per heavy atom. The average molecular weight is 234 g/mol. The third-order valence-corrected chi connectivity index (χ3v) is 2.36. The maximum Gasteiger partial charge on any atom is 0.229 e. The van der Waals surface area contributed by atoms with Crippen LogP contribution >= 0.6 is 0 Å². The summed E-state index contributed by atoms with van der Waals surface area (Å²) >= 11 is 0. The van der Waals surface area contributed by atoms with Crippen LogP contribution < -0.4 is 5.73 Å². The molecular weight excluding hydrogens is 220 g/mol. The van der Waals surface area contributed by atoms with E-state index in [2.05, 4.69) is 15.1 Å². The summed E-state index contributed by atoms with van der Waals surface area (Å²) < 4.78 is 10.3. The van der Waals surface area contributed by atoms with Gasteiger partial charge in [0.05, 0.1) is 12.5 Å². The lowest BCUT2D eigenvalue weighted by atomic mass is 10.2. The van der Waals surface area contributed by atoms with Gasteiger partial charge in [0.25, 0.3) is 0 Å². The Kier molecular flexibility index (Phi) is 3.79. The van der Waals surface area contributed by atoms with Gasteiger partial charge in [-0.25, -0.2) is 0 Å². The van der Waals surface area contributed by atoms with Crippen molar-refractivity contribution in [2.24, 2.45) is 5.73 Å². The Hall–Kier alpha value is -1.79. The van der Waals surface area contributed by atoms with Crippen molar-refractivity contribution in [2.75, 3.05) is 13.7 Å². The van der Waals surface area contributed by atoms with Gasteiger partial charge in [-0.05, 0) is 12.1 Å². The smallest absolute Gasteiger partial charge is 0.229 e. The van der Waals surface area contributed by atoms with Crippen LogP contribution in [0, 0.1) is 0 Å². The van der Waals surface area contributed by atoms with Crippen LogP contribution in [-0.2, 0) is 11.2 Å². The number of rotatable bonds is 5. The Labute approximate surface area is 98.8 Å². The molecule has 2 heterocycles. The van der Waals surface area contributed by atoms with Gasteiger partial charge in [0.15, 0.2) is 0 Å². The second-order valence-electron chi connectivity index (χ2n) is 3.52. The zero-order valence-corrected chi connectivity index (χ0v) is 9.54. The second-order valence-corrected chi connectivity index (χ2v) is 3.52. The Balaban J connectivity index is 2.11. The lowest BCUT2D eigenvalue weighted by Crippen LogP contribution is -2.24. The number of hydrogen-bond donors (Lipinski definition) is 1. The van der Waals surface area contributed by atoms with E-state index in [1.165, 1.54) is 0 Å². The number of hydrogen-bond acceptors (Lipinski definition) is 6. The first-order valence-electron chi connectivity index (χ1n) is 5.30. The zero-order chi connectivity index (χ0) is 12.1. The highest BCUT2D eigenvalue weighted by Gasteiger charge is 2.13. The fourth-order valence-electron chi connectivity index (χ4n) is 1.39. The molecule has 6 heteroatoms. The van der Waals surface area contributed by atoms with Gasteiger partial charge in [-0.15, -0.1) is 0 Å². The molecule has 0 aliphatic heterocycles. The molecule has 0 aliphatic carbocycles. The second kappa shape index (κ2) is 5.51. The minimum absolute atomic E-state index is 0.105. The van der Waals surface area contributed by atoms with Crippen molar-refractivity contribution in [1.82, 2.24) is 15.1 Å². The first-order valence-corrected chi connectivity index (χ1v) is 5.30. The molecule has 1 atom stereocenters. The lowest BCUT2D eigenvalue weighted by molar-refractivity contribution is 0.102. The molecule has 0 amide bonds. The van der Waals surface area contributed by atoms with E-state index in [4.69, 9.17) is 15.0 Å². The predicted molar refractivity (Wildman–Crippen MR) is 61.1 cm³/mol. The summed E-state index contributed by atoms with van der Waals surface area (Å²) in [6, 6.07) is 5.53. The van der Waals surface area contributed by atoms with Gasteiger partial charge in [0.1, 0.15) is 5.69 Å². The largest absolute Gasteiger partial charge is 0.380 e. The van der Waals surface area contributed by atoms with E-state index >= 15 is 0 Å². The third kappa shape index (κ3) is 2.86. The van der Waals surface area contributed by atoms with Gasteiger partial charge in [-0.2, -0.15) is 4.98 Å². The summed E-state index contributed by atoms with van der Waals surface area (Å²) in [5.74, 6) is 0.982. The Bertz CT molecular complexity index is 454. The van der Waals surface area contributed by atoms with Crippen molar-refractivity contribution in [3.63, 3.8) is 0 Å². The number of nitrogens with zero attached hydrogens (tertiary/aromatic N) is 3. The van der Waals surface area contributed by atoms with Gasteiger partial charge in [-0.3, -0.25) is 4.98 Å². The number of ether oxygens (including phenoxy) is 1. The Morgan fingerprint density at radius 2 is 2.35 bits per heavy atom. The summed E-state index contributed by atoms with van der Waals surface area (Å²) in [4.78, 5) is 8.38. The fourth-order valence-corrected chi connectivity index (χ4v) is 1.39. The van der Waals surface area contributed by atoms with Crippen molar-refractivity contribution in [2.45, 2.75) is 12.5 Å². The van der Waals surface area contributed by atoms with Crippen LogP contribution in [0.15, 0.2) is 28.9 Å². The normalized spacial score (nSPS) is 12.6. The van der Waals surface area contributed by atoms with Crippen LogP contribution in [-0.4, -0.2) is 34.9 Å². The summed E-state index contributed by atoms with van der Waals surface area (Å²) in [5, 5.41) is 3.86. The molecule has 2 aromatic rings. The number of nitrogens with two attached hydrogens (primary N) is 1. The Morgan fingerprint density at radius 3 is 3.00 bits per heavy atom. The standard InChI is InChI=1S/C11H14N4O2/c1-16-8(7-12)6-10-14-11(15-17-10)9-4-2-3-5-13-9/h2-5,8H,6-7,12H2,1H3. The highest BCUT2D eigenvalue weighted by atomic mass is 16.5. The van der Waals surface area contributed by atoms with Crippen LogP contribution in [0.5, 0.6) is 0 Å². The molecule has 2 N–H and O–H groups in total. The molecule has 90 valence electrons. The summed E-state index contributed by atoms with van der Waals surface area (Å²) in [6.45, 7) is 0.414. The van der Waals surface area contributed by atoms with E-state index in [1.807, 2.05) is 18.2 Å². The molecule has 6 nitrogen and oxygen atoms in total. The SMILES string of the molecule is COC(CN)Cc1nc(-c2ccccn2)no1. The topological polar surface area (TPSA) is 87.1 Å². The van der Waals surface area contributed by atoms with Gasteiger partial charge >= 0.3 is 0 Å². The quantitative estimate of drug-likeness (QED) is 0.817. The van der Waals surface area contributed by atoms with E-state index in [9.17, 15) is 0 Å². The maximum atomic E-state index is 5.52. The monoisotopic (exact) mass is 234 g/mol. The third-order valence-electron chi connectivity index (χ3n) is 2.36. The molecule has 0 saturated heterocycles. The van der Waals surface area contributed by atoms with Crippen molar-refractivity contribution in [3.8, 4) is 11.5 Å². The molecule has 2 rings (SSSR count). The molecule has 0 saturated carbocycles. The molecule has 0 aromatic carbocycles. The molecule has 2 aromatic heterocycles. The first-order chi connectivity index (χ1) is 8.33. The molecule has 0 radical (unpaired) electrons. The molecule has 0 aliphatic rings. The molecular formula is C11H14N4O2. The van der Waals surface area contributed by atoms with E-state index < -0.39 is 0 Å². The van der Waals surface area contributed by atoms with Crippen LogP contribution in [0.3, 0.4) is 0 Å². The van der Waals surface area contributed by atoms with E-state index in [0.717, 1.165) is 0 Å². The van der Waals surface area contributed by atoms with Crippen LogP contribution in [0.2, 0.25) is 0 Å². The van der Waals surface area contributed by atoms with E-state index in [-0.39, 0.29) is 6.10 Å². The van der Waals surface area contributed by atoms with Crippen molar-refractivity contribution in [3.05, 3.63) is 30.3 Å². The van der Waals surface area contributed by atoms with Gasteiger partial charge in [0, 0.05) is 19.9 Å². The van der Waals surface area contributed by atoms with Crippen molar-refractivity contribution < 1.29 is 9.26 Å². The maximum absolute atomic E-state index is 5.52. The zero-order valence-electron chi connectivity index (χ0n) is 9.54. The van der Waals surface area contributed by atoms with Crippen LogP contribution in [0.4, 0.5) is 0 Å². The number of methoxy groups -OCH3 is 1.